The standard InChI is InChI=1S/C21H33N7O4.C2H6/c1-5-24-18(30)12-32-9-7-15(29)6-8-28-17-11-14(3)13(2)10-16(17)25-19(21(28)31)20(26-22)27(4)23;1-2/h10-11,15,29H,5-9,12,22-23H2,1-4H3,(H,24,30);1-2H3/b26-20-;. The molecule has 1 aromatic heterocycles. The maximum absolute atomic E-state index is 13.2. The lowest BCUT2D eigenvalue weighted by molar-refractivity contribution is -0.125. The van der Waals surface area contributed by atoms with E-state index in [-0.39, 0.29) is 37.2 Å². The minimum atomic E-state index is -0.714. The quantitative estimate of drug-likeness (QED) is 0.128. The van der Waals surface area contributed by atoms with Gasteiger partial charge in [-0.15, -0.1) is 0 Å². The fraction of sp³-hybridized carbons (Fsp3) is 0.565. The molecular formula is C23H39N7O4. The van der Waals surface area contributed by atoms with Crippen LogP contribution in [0.15, 0.2) is 22.0 Å². The fourth-order valence-corrected chi connectivity index (χ4v) is 3.24. The van der Waals surface area contributed by atoms with E-state index >= 15 is 0 Å². The van der Waals surface area contributed by atoms with Crippen LogP contribution < -0.4 is 22.6 Å². The maximum Gasteiger partial charge on any atom is 0.280 e. The molecule has 2 aromatic rings. The van der Waals surface area contributed by atoms with Crippen LogP contribution in [-0.2, 0) is 16.1 Å². The number of carbonyl (C=O) groups excluding carboxylic acids is 1. The van der Waals surface area contributed by atoms with Crippen LogP contribution in [0.25, 0.3) is 11.0 Å². The topological polar surface area (TPSA) is 161 Å². The molecule has 2 rings (SSSR count). The summed E-state index contributed by atoms with van der Waals surface area (Å²) in [6, 6.07) is 3.79. The molecule has 0 bridgehead atoms. The van der Waals surface area contributed by atoms with Gasteiger partial charge in [-0.2, -0.15) is 5.10 Å². The molecule has 190 valence electrons. The Balaban J connectivity index is 0.00000281. The predicted octanol–water partition coefficient (Wildman–Crippen LogP) is 0.759. The number of amidine groups is 1. The van der Waals surface area contributed by atoms with E-state index in [2.05, 4.69) is 15.4 Å². The highest BCUT2D eigenvalue weighted by Gasteiger charge is 2.19. The normalized spacial score (nSPS) is 12.2. The first-order valence-corrected chi connectivity index (χ1v) is 11.5. The van der Waals surface area contributed by atoms with E-state index in [1.807, 2.05) is 46.8 Å². The minimum Gasteiger partial charge on any atom is -0.393 e. The average Bonchev–Trinajstić information content (AvgIpc) is 2.80. The number of amides is 1. The van der Waals surface area contributed by atoms with E-state index in [0.717, 1.165) is 16.1 Å². The van der Waals surface area contributed by atoms with Crippen molar-refractivity contribution in [2.24, 2.45) is 16.8 Å². The number of aryl methyl sites for hydroxylation is 3. The summed E-state index contributed by atoms with van der Waals surface area (Å²) < 4.78 is 6.84. The number of hydrazine groups is 1. The molecule has 1 aromatic carbocycles. The Morgan fingerprint density at radius 1 is 1.29 bits per heavy atom. The van der Waals surface area contributed by atoms with Crippen molar-refractivity contribution < 1.29 is 14.6 Å². The molecule has 0 fully saturated rings. The molecule has 1 amide bonds. The van der Waals surface area contributed by atoms with Crippen molar-refractivity contribution in [1.29, 1.82) is 0 Å². The van der Waals surface area contributed by atoms with Crippen LogP contribution >= 0.6 is 0 Å². The van der Waals surface area contributed by atoms with E-state index < -0.39 is 11.7 Å². The van der Waals surface area contributed by atoms with Gasteiger partial charge in [0.1, 0.15) is 6.61 Å². The number of hydrazone groups is 1. The third kappa shape index (κ3) is 7.79. The number of nitrogens with two attached hydrogens (primary N) is 2. The van der Waals surface area contributed by atoms with Crippen LogP contribution in [0.5, 0.6) is 0 Å². The van der Waals surface area contributed by atoms with Crippen molar-refractivity contribution >= 4 is 22.8 Å². The molecule has 0 aliphatic heterocycles. The summed E-state index contributed by atoms with van der Waals surface area (Å²) in [4.78, 5) is 29.1. The molecule has 6 N–H and O–H groups in total. The Bertz CT molecular complexity index is 1030. The first-order valence-electron chi connectivity index (χ1n) is 11.5. The number of nitrogens with zero attached hydrogens (tertiary/aromatic N) is 4. The number of fused-ring (bicyclic) bond motifs is 1. The van der Waals surface area contributed by atoms with Gasteiger partial charge in [-0.3, -0.25) is 14.6 Å². The molecule has 11 nitrogen and oxygen atoms in total. The molecule has 0 aliphatic carbocycles. The second-order valence-electron chi connectivity index (χ2n) is 7.64. The largest absolute Gasteiger partial charge is 0.393 e. The van der Waals surface area contributed by atoms with E-state index in [4.69, 9.17) is 16.4 Å². The molecule has 1 heterocycles. The number of aromatic nitrogens is 2. The summed E-state index contributed by atoms with van der Waals surface area (Å²) in [7, 11) is 1.52. The van der Waals surface area contributed by atoms with Gasteiger partial charge in [0.05, 0.1) is 17.1 Å². The molecule has 1 unspecified atom stereocenters. The number of aliphatic hydroxyl groups is 1. The summed E-state index contributed by atoms with van der Waals surface area (Å²) in [5.41, 5.74) is 2.93. The first-order chi connectivity index (χ1) is 16.2. The third-order valence-electron chi connectivity index (χ3n) is 5.12. The van der Waals surface area contributed by atoms with Gasteiger partial charge in [0.25, 0.3) is 5.56 Å². The number of aliphatic hydroxyl groups excluding tert-OH is 1. The van der Waals surface area contributed by atoms with Gasteiger partial charge in [0, 0.05) is 26.7 Å². The van der Waals surface area contributed by atoms with Crippen molar-refractivity contribution in [3.8, 4) is 0 Å². The van der Waals surface area contributed by atoms with Crippen LogP contribution in [0.1, 0.15) is 50.4 Å². The summed E-state index contributed by atoms with van der Waals surface area (Å²) in [5, 5.41) is 17.8. The van der Waals surface area contributed by atoms with E-state index in [9.17, 15) is 14.7 Å². The number of benzene rings is 1. The molecule has 11 heteroatoms. The van der Waals surface area contributed by atoms with Crippen molar-refractivity contribution in [3.63, 3.8) is 0 Å². The van der Waals surface area contributed by atoms with Crippen molar-refractivity contribution in [2.75, 3.05) is 26.8 Å². The van der Waals surface area contributed by atoms with Crippen LogP contribution in [0, 0.1) is 13.8 Å². The van der Waals surface area contributed by atoms with Crippen LogP contribution in [0.4, 0.5) is 0 Å². The monoisotopic (exact) mass is 477 g/mol. The lowest BCUT2D eigenvalue weighted by Gasteiger charge is -2.18. The highest BCUT2D eigenvalue weighted by atomic mass is 16.5. The third-order valence-corrected chi connectivity index (χ3v) is 5.12. The van der Waals surface area contributed by atoms with Crippen molar-refractivity contribution in [2.45, 2.75) is 60.1 Å². The number of carbonyl (C=O) groups is 1. The minimum absolute atomic E-state index is 0.0352. The van der Waals surface area contributed by atoms with Gasteiger partial charge in [0.15, 0.2) is 11.5 Å². The molecule has 0 saturated carbocycles. The van der Waals surface area contributed by atoms with E-state index in [0.29, 0.717) is 30.4 Å². The molecule has 0 radical (unpaired) electrons. The summed E-state index contributed by atoms with van der Waals surface area (Å²) in [6.45, 7) is 10.7. The van der Waals surface area contributed by atoms with Crippen LogP contribution in [0.3, 0.4) is 0 Å². The maximum atomic E-state index is 13.2. The molecule has 0 aliphatic rings. The van der Waals surface area contributed by atoms with Crippen molar-refractivity contribution in [1.82, 2.24) is 19.9 Å². The van der Waals surface area contributed by atoms with Gasteiger partial charge in [-0.05, 0) is 56.9 Å². The van der Waals surface area contributed by atoms with Gasteiger partial charge < -0.3 is 25.6 Å². The van der Waals surface area contributed by atoms with Gasteiger partial charge in [-0.25, -0.2) is 10.8 Å². The SMILES string of the molecule is CC.CCNC(=O)COCCC(O)CCn1c(=O)c(/C(=N/N)N(C)N)nc2cc(C)c(C)cc21. The lowest BCUT2D eigenvalue weighted by Crippen LogP contribution is -2.41. The number of rotatable bonds is 10. The van der Waals surface area contributed by atoms with Gasteiger partial charge in [0.2, 0.25) is 5.91 Å². The zero-order valence-electron chi connectivity index (χ0n) is 21.1. The molecule has 0 saturated heterocycles. The van der Waals surface area contributed by atoms with E-state index in [1.165, 1.54) is 7.05 Å². The number of likely N-dealkylation sites (N-methyl/N-ethyl adjacent to an activating group) is 1. The van der Waals surface area contributed by atoms with Gasteiger partial charge >= 0.3 is 0 Å². The van der Waals surface area contributed by atoms with Crippen LogP contribution in [-0.4, -0.2) is 64.3 Å². The Morgan fingerprint density at radius 2 is 1.94 bits per heavy atom. The van der Waals surface area contributed by atoms with Crippen LogP contribution in [0.2, 0.25) is 0 Å². The lowest BCUT2D eigenvalue weighted by atomic mass is 10.1. The Labute approximate surface area is 200 Å². The number of hydrogen-bond donors (Lipinski definition) is 4. The fourth-order valence-electron chi connectivity index (χ4n) is 3.24. The molecular weight excluding hydrogens is 438 g/mol. The summed E-state index contributed by atoms with van der Waals surface area (Å²) in [5.74, 6) is 11.1. The van der Waals surface area contributed by atoms with Gasteiger partial charge in [-0.1, -0.05) is 13.8 Å². The highest BCUT2D eigenvalue weighted by Crippen LogP contribution is 2.18. The summed E-state index contributed by atoms with van der Waals surface area (Å²) in [6.07, 6.45) is -0.0682. The number of nitrogens with one attached hydrogen (secondary N) is 1. The van der Waals surface area contributed by atoms with Crippen molar-refractivity contribution in [3.05, 3.63) is 39.3 Å². The predicted molar refractivity (Wildman–Crippen MR) is 134 cm³/mol. The highest BCUT2D eigenvalue weighted by molar-refractivity contribution is 5.97. The van der Waals surface area contributed by atoms with E-state index in [1.54, 1.807) is 4.57 Å². The number of hydrogen-bond acceptors (Lipinski definition) is 8. The Morgan fingerprint density at radius 3 is 2.53 bits per heavy atom. The average molecular weight is 478 g/mol. The first kappa shape index (κ1) is 29.0. The molecule has 0 spiro atoms. The smallest absolute Gasteiger partial charge is 0.280 e. The zero-order valence-corrected chi connectivity index (χ0v) is 21.1. The number of ether oxygens (including phenoxy) is 1. The summed E-state index contributed by atoms with van der Waals surface area (Å²) >= 11 is 0. The Hall–Kier alpha value is -3.02. The molecule has 34 heavy (non-hydrogen) atoms. The second kappa shape index (κ2) is 14.3. The second-order valence-corrected chi connectivity index (χ2v) is 7.64. The molecule has 1 atom stereocenters. The Kier molecular flexibility index (Phi) is 12.2. The zero-order chi connectivity index (χ0) is 25.8.